The van der Waals surface area contributed by atoms with E-state index in [1.54, 1.807) is 11.3 Å². The molecule has 1 fully saturated rings. The smallest absolute Gasteiger partial charge is 0.0897 e. The molecule has 1 aromatic heterocycles. The predicted octanol–water partition coefficient (Wildman–Crippen LogP) is 4.43. The minimum Gasteiger partial charge on any atom is -0.247 e. The van der Waals surface area contributed by atoms with E-state index in [0.29, 0.717) is 11.3 Å². The summed E-state index contributed by atoms with van der Waals surface area (Å²) in [6.07, 6.45) is 6.18. The number of rotatable bonds is 3. The molecule has 3 unspecified atom stereocenters. The van der Waals surface area contributed by atoms with Gasteiger partial charge in [-0.05, 0) is 44.4 Å². The maximum Gasteiger partial charge on any atom is 0.0897 e. The Kier molecular flexibility index (Phi) is 4.26. The Labute approximate surface area is 107 Å². The summed E-state index contributed by atoms with van der Waals surface area (Å²) in [5, 5.41) is 3.72. The highest BCUT2D eigenvalue weighted by Gasteiger charge is 2.28. The SMILES string of the molecule is CCC1CCC(Cl)C(Cc2csc(C)n2)C1. The van der Waals surface area contributed by atoms with Crippen molar-refractivity contribution in [2.24, 2.45) is 11.8 Å². The van der Waals surface area contributed by atoms with Crippen molar-refractivity contribution in [1.29, 1.82) is 0 Å². The van der Waals surface area contributed by atoms with E-state index in [9.17, 15) is 0 Å². The molecule has 1 aliphatic rings. The Bertz CT molecular complexity index is 336. The first-order chi connectivity index (χ1) is 7.69. The summed E-state index contributed by atoms with van der Waals surface area (Å²) in [5.41, 5.74) is 1.25. The molecule has 3 heteroatoms. The van der Waals surface area contributed by atoms with Crippen LogP contribution in [0.1, 0.15) is 43.3 Å². The van der Waals surface area contributed by atoms with E-state index in [2.05, 4.69) is 24.2 Å². The third-order valence-corrected chi connectivity index (χ3v) is 5.11. The number of alkyl halides is 1. The van der Waals surface area contributed by atoms with Crippen LogP contribution in [0.2, 0.25) is 0 Å². The molecule has 1 saturated carbocycles. The molecule has 1 heterocycles. The molecular formula is C13H20ClNS. The maximum atomic E-state index is 6.44. The molecule has 3 atom stereocenters. The lowest BCUT2D eigenvalue weighted by Crippen LogP contribution is -2.27. The Hall–Kier alpha value is -0.0800. The average Bonchev–Trinajstić information content (AvgIpc) is 2.67. The fourth-order valence-electron chi connectivity index (χ4n) is 2.68. The van der Waals surface area contributed by atoms with Crippen LogP contribution in [-0.2, 0) is 6.42 Å². The van der Waals surface area contributed by atoms with Gasteiger partial charge in [0.1, 0.15) is 0 Å². The Morgan fingerprint density at radius 3 is 2.94 bits per heavy atom. The molecule has 16 heavy (non-hydrogen) atoms. The highest BCUT2D eigenvalue weighted by Crippen LogP contribution is 2.36. The summed E-state index contributed by atoms with van der Waals surface area (Å²) in [6.45, 7) is 4.37. The van der Waals surface area contributed by atoms with Crippen molar-refractivity contribution in [3.63, 3.8) is 0 Å². The van der Waals surface area contributed by atoms with Crippen LogP contribution in [0.5, 0.6) is 0 Å². The zero-order valence-electron chi connectivity index (χ0n) is 10.1. The molecule has 1 nitrogen and oxygen atoms in total. The van der Waals surface area contributed by atoms with E-state index in [0.717, 1.165) is 12.3 Å². The molecule has 0 radical (unpaired) electrons. The summed E-state index contributed by atoms with van der Waals surface area (Å²) in [6, 6.07) is 0. The molecule has 0 aliphatic heterocycles. The molecule has 0 amide bonds. The largest absolute Gasteiger partial charge is 0.247 e. The molecule has 0 saturated heterocycles. The van der Waals surface area contributed by atoms with E-state index >= 15 is 0 Å². The van der Waals surface area contributed by atoms with Gasteiger partial charge in [-0.2, -0.15) is 0 Å². The second-order valence-electron chi connectivity index (χ2n) is 4.93. The highest BCUT2D eigenvalue weighted by atomic mass is 35.5. The second kappa shape index (κ2) is 5.50. The summed E-state index contributed by atoms with van der Waals surface area (Å²) < 4.78 is 0. The van der Waals surface area contributed by atoms with Crippen molar-refractivity contribution < 1.29 is 0 Å². The fraction of sp³-hybridized carbons (Fsp3) is 0.769. The van der Waals surface area contributed by atoms with Gasteiger partial charge in [0.2, 0.25) is 0 Å². The maximum absolute atomic E-state index is 6.44. The molecule has 1 aromatic rings. The zero-order valence-corrected chi connectivity index (χ0v) is 11.7. The quantitative estimate of drug-likeness (QED) is 0.730. The van der Waals surface area contributed by atoms with Gasteiger partial charge < -0.3 is 0 Å². The van der Waals surface area contributed by atoms with Crippen LogP contribution in [-0.4, -0.2) is 10.4 Å². The zero-order chi connectivity index (χ0) is 11.5. The van der Waals surface area contributed by atoms with E-state index in [4.69, 9.17) is 11.6 Å². The molecule has 0 N–H and O–H groups in total. The van der Waals surface area contributed by atoms with Gasteiger partial charge in [0.25, 0.3) is 0 Å². The highest BCUT2D eigenvalue weighted by molar-refractivity contribution is 7.09. The van der Waals surface area contributed by atoms with Gasteiger partial charge in [-0.1, -0.05) is 13.3 Å². The number of hydrogen-bond acceptors (Lipinski definition) is 2. The van der Waals surface area contributed by atoms with Crippen molar-refractivity contribution in [3.8, 4) is 0 Å². The van der Waals surface area contributed by atoms with E-state index in [1.807, 2.05) is 0 Å². The molecular weight excluding hydrogens is 238 g/mol. The number of hydrogen-bond donors (Lipinski definition) is 0. The third-order valence-electron chi connectivity index (χ3n) is 3.71. The van der Waals surface area contributed by atoms with Gasteiger partial charge >= 0.3 is 0 Å². The molecule has 0 aromatic carbocycles. The second-order valence-corrected chi connectivity index (χ2v) is 6.55. The fourth-order valence-corrected chi connectivity index (χ4v) is 3.62. The van der Waals surface area contributed by atoms with Crippen molar-refractivity contribution in [2.45, 2.75) is 51.3 Å². The average molecular weight is 258 g/mol. The van der Waals surface area contributed by atoms with Crippen LogP contribution < -0.4 is 0 Å². The van der Waals surface area contributed by atoms with Gasteiger partial charge in [-0.15, -0.1) is 22.9 Å². The van der Waals surface area contributed by atoms with Crippen LogP contribution in [0.15, 0.2) is 5.38 Å². The van der Waals surface area contributed by atoms with Gasteiger partial charge in [0.05, 0.1) is 10.7 Å². The standard InChI is InChI=1S/C13H20ClNS/c1-3-10-4-5-13(14)11(6-10)7-12-8-16-9(2)15-12/h8,10-11,13H,3-7H2,1-2H3. The molecule has 90 valence electrons. The van der Waals surface area contributed by atoms with E-state index < -0.39 is 0 Å². The lowest BCUT2D eigenvalue weighted by molar-refractivity contribution is 0.264. The van der Waals surface area contributed by atoms with Crippen LogP contribution in [0.4, 0.5) is 0 Å². The topological polar surface area (TPSA) is 12.9 Å². The summed E-state index contributed by atoms with van der Waals surface area (Å²) >= 11 is 8.18. The van der Waals surface area contributed by atoms with Crippen LogP contribution in [0.25, 0.3) is 0 Å². The number of thiazole rings is 1. The minimum atomic E-state index is 0.366. The van der Waals surface area contributed by atoms with Crippen LogP contribution >= 0.6 is 22.9 Å². The monoisotopic (exact) mass is 257 g/mol. The molecule has 2 rings (SSSR count). The Balaban J connectivity index is 1.96. The lowest BCUT2D eigenvalue weighted by Gasteiger charge is -2.32. The summed E-state index contributed by atoms with van der Waals surface area (Å²) in [7, 11) is 0. The number of nitrogens with zero attached hydrogens (tertiary/aromatic N) is 1. The predicted molar refractivity (Wildman–Crippen MR) is 71.3 cm³/mol. The Morgan fingerprint density at radius 2 is 2.31 bits per heavy atom. The van der Waals surface area contributed by atoms with Crippen LogP contribution in [0, 0.1) is 18.8 Å². The van der Waals surface area contributed by atoms with E-state index in [-0.39, 0.29) is 0 Å². The molecule has 0 bridgehead atoms. The molecule has 0 spiro atoms. The van der Waals surface area contributed by atoms with Crippen LogP contribution in [0.3, 0.4) is 0 Å². The first-order valence-electron chi connectivity index (χ1n) is 6.24. The summed E-state index contributed by atoms with van der Waals surface area (Å²) in [4.78, 5) is 4.55. The number of halogens is 1. The first-order valence-corrected chi connectivity index (χ1v) is 7.55. The molecule has 1 aliphatic carbocycles. The van der Waals surface area contributed by atoms with Crippen molar-refractivity contribution >= 4 is 22.9 Å². The van der Waals surface area contributed by atoms with Crippen molar-refractivity contribution in [3.05, 3.63) is 16.1 Å². The van der Waals surface area contributed by atoms with Crippen molar-refractivity contribution in [1.82, 2.24) is 4.98 Å². The lowest BCUT2D eigenvalue weighted by atomic mass is 9.78. The van der Waals surface area contributed by atoms with E-state index in [1.165, 1.54) is 36.4 Å². The summed E-state index contributed by atoms with van der Waals surface area (Å²) in [5.74, 6) is 1.53. The third kappa shape index (κ3) is 2.98. The van der Waals surface area contributed by atoms with Gasteiger partial charge in [-0.25, -0.2) is 4.98 Å². The van der Waals surface area contributed by atoms with Gasteiger partial charge in [0, 0.05) is 10.8 Å². The van der Waals surface area contributed by atoms with Gasteiger partial charge in [0.15, 0.2) is 0 Å². The number of aromatic nitrogens is 1. The van der Waals surface area contributed by atoms with Crippen molar-refractivity contribution in [2.75, 3.05) is 0 Å². The minimum absolute atomic E-state index is 0.366. The van der Waals surface area contributed by atoms with Gasteiger partial charge in [-0.3, -0.25) is 0 Å². The first kappa shape index (κ1) is 12.4. The Morgan fingerprint density at radius 1 is 1.50 bits per heavy atom. The normalized spacial score (nSPS) is 30.6. The number of aryl methyl sites for hydroxylation is 1.